The molecule has 3 aromatic heterocycles. The molecule has 4 aromatic rings. The summed E-state index contributed by atoms with van der Waals surface area (Å²) in [5.74, 6) is -0.318. The largest absolute Gasteiger partial charge is 0.349 e. The molecule has 3 heterocycles. The highest BCUT2D eigenvalue weighted by molar-refractivity contribution is 5.79. The van der Waals surface area contributed by atoms with E-state index in [0.717, 1.165) is 5.56 Å². The van der Waals surface area contributed by atoms with Crippen molar-refractivity contribution >= 4 is 16.8 Å². The summed E-state index contributed by atoms with van der Waals surface area (Å²) in [5, 5.41) is 3.26. The van der Waals surface area contributed by atoms with Gasteiger partial charge in [0.2, 0.25) is 5.91 Å². The first kappa shape index (κ1) is 17.5. The molecule has 0 aliphatic heterocycles. The Balaban J connectivity index is 1.49. The van der Waals surface area contributed by atoms with Crippen LogP contribution in [0, 0.1) is 0 Å². The van der Waals surface area contributed by atoms with Gasteiger partial charge in [-0.25, -0.2) is 4.98 Å². The fourth-order valence-electron chi connectivity index (χ4n) is 2.85. The third-order valence-electron chi connectivity index (χ3n) is 4.21. The van der Waals surface area contributed by atoms with E-state index in [9.17, 15) is 9.59 Å². The minimum Gasteiger partial charge on any atom is -0.349 e. The second kappa shape index (κ2) is 7.75. The summed E-state index contributed by atoms with van der Waals surface area (Å²) in [6.45, 7) is 0.0613. The number of hydrogen-bond acceptors (Lipinski definition) is 6. The van der Waals surface area contributed by atoms with E-state index in [1.165, 1.54) is 10.9 Å². The van der Waals surface area contributed by atoms with Crippen LogP contribution in [0.5, 0.6) is 0 Å². The summed E-state index contributed by atoms with van der Waals surface area (Å²) in [6.07, 6.45) is 7.91. The molecule has 28 heavy (non-hydrogen) atoms. The Morgan fingerprint density at radius 2 is 1.86 bits per heavy atom. The average molecular weight is 372 g/mol. The van der Waals surface area contributed by atoms with E-state index in [2.05, 4.69) is 25.3 Å². The van der Waals surface area contributed by atoms with E-state index in [0.29, 0.717) is 22.3 Å². The highest BCUT2D eigenvalue weighted by Gasteiger charge is 2.11. The van der Waals surface area contributed by atoms with Crippen LogP contribution in [-0.2, 0) is 17.9 Å². The van der Waals surface area contributed by atoms with Crippen molar-refractivity contribution in [2.45, 2.75) is 13.1 Å². The number of fused-ring (bicyclic) bond motifs is 1. The number of amides is 1. The molecule has 0 atom stereocenters. The maximum absolute atomic E-state index is 12.5. The highest BCUT2D eigenvalue weighted by atomic mass is 16.2. The van der Waals surface area contributed by atoms with Crippen molar-refractivity contribution in [2.75, 3.05) is 0 Å². The zero-order valence-electron chi connectivity index (χ0n) is 14.8. The van der Waals surface area contributed by atoms with Crippen LogP contribution < -0.4 is 10.9 Å². The van der Waals surface area contributed by atoms with Crippen LogP contribution in [0.15, 0.2) is 72.3 Å². The van der Waals surface area contributed by atoms with Crippen LogP contribution in [-0.4, -0.2) is 30.4 Å². The number of carbonyl (C=O) groups excluding carboxylic acids is 1. The van der Waals surface area contributed by atoms with Gasteiger partial charge in [0.15, 0.2) is 0 Å². The van der Waals surface area contributed by atoms with Gasteiger partial charge in [-0.15, -0.1) is 0 Å². The number of carbonyl (C=O) groups is 1. The van der Waals surface area contributed by atoms with Crippen molar-refractivity contribution in [1.82, 2.24) is 29.8 Å². The zero-order chi connectivity index (χ0) is 19.3. The van der Waals surface area contributed by atoms with Crippen LogP contribution in [0.2, 0.25) is 0 Å². The van der Waals surface area contributed by atoms with Crippen molar-refractivity contribution in [3.8, 4) is 11.3 Å². The van der Waals surface area contributed by atoms with E-state index in [1.807, 2.05) is 18.2 Å². The minimum atomic E-state index is -0.318. The van der Waals surface area contributed by atoms with Crippen molar-refractivity contribution in [3.63, 3.8) is 0 Å². The molecule has 0 aliphatic carbocycles. The topological polar surface area (TPSA) is 103 Å². The molecule has 0 fully saturated rings. The van der Waals surface area contributed by atoms with Crippen LogP contribution in [0.4, 0.5) is 0 Å². The SMILES string of the molecule is O=C(Cn1cnc2ccccc2c1=O)NCc1nccnc1-c1cccnc1. The molecule has 0 aliphatic rings. The summed E-state index contributed by atoms with van der Waals surface area (Å²) in [7, 11) is 0. The molecule has 1 N–H and O–H groups in total. The quantitative estimate of drug-likeness (QED) is 0.570. The van der Waals surface area contributed by atoms with Gasteiger partial charge in [0.25, 0.3) is 5.56 Å². The number of nitrogens with one attached hydrogen (secondary N) is 1. The molecule has 138 valence electrons. The standard InChI is InChI=1S/C20H16N6O2/c27-18(12-26-13-25-16-6-2-1-5-15(16)20(26)28)24-11-17-19(23-9-8-22-17)14-4-3-7-21-10-14/h1-10,13H,11-12H2,(H,24,27). The number of pyridine rings is 1. The molecule has 0 saturated carbocycles. The second-order valence-electron chi connectivity index (χ2n) is 6.06. The molecule has 0 spiro atoms. The van der Waals surface area contributed by atoms with Crippen LogP contribution in [0.3, 0.4) is 0 Å². The fraction of sp³-hybridized carbons (Fsp3) is 0.100. The van der Waals surface area contributed by atoms with Gasteiger partial charge >= 0.3 is 0 Å². The summed E-state index contributed by atoms with van der Waals surface area (Å²) < 4.78 is 1.29. The fourth-order valence-corrected chi connectivity index (χ4v) is 2.85. The Kier molecular flexibility index (Phi) is 4.83. The molecule has 8 heteroatoms. The lowest BCUT2D eigenvalue weighted by Gasteiger charge is -2.10. The number of benzene rings is 1. The van der Waals surface area contributed by atoms with E-state index in [-0.39, 0.29) is 24.6 Å². The van der Waals surface area contributed by atoms with E-state index in [4.69, 9.17) is 0 Å². The van der Waals surface area contributed by atoms with Gasteiger partial charge in [-0.1, -0.05) is 12.1 Å². The average Bonchev–Trinajstić information content (AvgIpc) is 2.75. The Bertz CT molecular complexity index is 1190. The lowest BCUT2D eigenvalue weighted by atomic mass is 10.1. The molecule has 1 amide bonds. The lowest BCUT2D eigenvalue weighted by molar-refractivity contribution is -0.121. The molecular weight excluding hydrogens is 356 g/mol. The Labute approximate surface area is 160 Å². The maximum Gasteiger partial charge on any atom is 0.261 e. The first-order chi connectivity index (χ1) is 13.7. The number of para-hydroxylation sites is 1. The van der Waals surface area contributed by atoms with Gasteiger partial charge in [-0.3, -0.25) is 29.1 Å². The summed E-state index contributed by atoms with van der Waals surface area (Å²) >= 11 is 0. The zero-order valence-corrected chi connectivity index (χ0v) is 14.8. The van der Waals surface area contributed by atoms with Crippen LogP contribution >= 0.6 is 0 Å². The van der Waals surface area contributed by atoms with Crippen LogP contribution in [0.25, 0.3) is 22.2 Å². The Hall–Kier alpha value is -3.94. The monoisotopic (exact) mass is 372 g/mol. The number of rotatable bonds is 5. The van der Waals surface area contributed by atoms with E-state index in [1.54, 1.807) is 43.0 Å². The highest BCUT2D eigenvalue weighted by Crippen LogP contribution is 2.17. The first-order valence-corrected chi connectivity index (χ1v) is 8.63. The maximum atomic E-state index is 12.5. The van der Waals surface area contributed by atoms with Gasteiger partial charge < -0.3 is 5.32 Å². The van der Waals surface area contributed by atoms with Gasteiger partial charge in [-0.2, -0.15) is 0 Å². The minimum absolute atomic E-state index is 0.126. The van der Waals surface area contributed by atoms with E-state index < -0.39 is 0 Å². The lowest BCUT2D eigenvalue weighted by Crippen LogP contribution is -2.32. The molecule has 4 rings (SSSR count). The summed E-state index contributed by atoms with van der Waals surface area (Å²) in [6, 6.07) is 10.7. The molecule has 0 bridgehead atoms. The van der Waals surface area contributed by atoms with Crippen molar-refractivity contribution in [2.24, 2.45) is 0 Å². The molecule has 0 unspecified atom stereocenters. The molecular formula is C20H16N6O2. The molecule has 0 saturated heterocycles. The van der Waals surface area contributed by atoms with Gasteiger partial charge in [-0.05, 0) is 24.3 Å². The third kappa shape index (κ3) is 3.61. The van der Waals surface area contributed by atoms with Crippen molar-refractivity contribution in [1.29, 1.82) is 0 Å². The molecule has 1 aromatic carbocycles. The number of hydrogen-bond donors (Lipinski definition) is 1. The predicted octanol–water partition coefficient (Wildman–Crippen LogP) is 1.56. The van der Waals surface area contributed by atoms with E-state index >= 15 is 0 Å². The Morgan fingerprint density at radius 3 is 2.71 bits per heavy atom. The third-order valence-corrected chi connectivity index (χ3v) is 4.21. The molecule has 0 radical (unpaired) electrons. The Morgan fingerprint density at radius 1 is 1.00 bits per heavy atom. The number of aromatic nitrogens is 5. The first-order valence-electron chi connectivity index (χ1n) is 8.63. The molecule has 8 nitrogen and oxygen atoms in total. The predicted molar refractivity (Wildman–Crippen MR) is 103 cm³/mol. The normalized spacial score (nSPS) is 10.7. The smallest absolute Gasteiger partial charge is 0.261 e. The summed E-state index contributed by atoms with van der Waals surface area (Å²) in [4.78, 5) is 41.8. The van der Waals surface area contributed by atoms with Gasteiger partial charge in [0.05, 0.1) is 35.2 Å². The van der Waals surface area contributed by atoms with Crippen molar-refractivity contribution in [3.05, 3.63) is 83.6 Å². The van der Waals surface area contributed by atoms with Gasteiger partial charge in [0.1, 0.15) is 6.54 Å². The van der Waals surface area contributed by atoms with Gasteiger partial charge in [0, 0.05) is 30.4 Å². The second-order valence-corrected chi connectivity index (χ2v) is 6.06. The number of nitrogens with zero attached hydrogens (tertiary/aromatic N) is 5. The van der Waals surface area contributed by atoms with Crippen molar-refractivity contribution < 1.29 is 4.79 Å². The summed E-state index contributed by atoms with van der Waals surface area (Å²) in [5.41, 5.74) is 2.43. The van der Waals surface area contributed by atoms with Crippen LogP contribution in [0.1, 0.15) is 5.69 Å².